The number of hydrogen-bond donors (Lipinski definition) is 2. The van der Waals surface area contributed by atoms with Crippen LogP contribution in [0.5, 0.6) is 11.5 Å². The Labute approximate surface area is 173 Å². The zero-order chi connectivity index (χ0) is 20.8. The van der Waals surface area contributed by atoms with Gasteiger partial charge in [-0.15, -0.1) is 0 Å². The van der Waals surface area contributed by atoms with Crippen LogP contribution in [0.4, 0.5) is 17.3 Å². The molecule has 0 fully saturated rings. The van der Waals surface area contributed by atoms with Crippen molar-refractivity contribution in [2.45, 2.75) is 6.92 Å². The van der Waals surface area contributed by atoms with Gasteiger partial charge in [0.2, 0.25) is 0 Å². The molecule has 146 valence electrons. The molecule has 2 heterocycles. The van der Waals surface area contributed by atoms with Crippen LogP contribution >= 0.6 is 0 Å². The number of nitrogens with one attached hydrogen (secondary N) is 2. The Morgan fingerprint density at radius 2 is 1.73 bits per heavy atom. The van der Waals surface area contributed by atoms with Gasteiger partial charge in [0.1, 0.15) is 29.5 Å². The number of ether oxygens (including phenoxy) is 1. The number of hydrogen-bond acceptors (Lipinski definition) is 6. The average Bonchev–Trinajstić information content (AvgIpc) is 2.76. The van der Waals surface area contributed by atoms with E-state index in [4.69, 9.17) is 4.74 Å². The predicted molar refractivity (Wildman–Crippen MR) is 116 cm³/mol. The smallest absolute Gasteiger partial charge is 0.301 e. The lowest BCUT2D eigenvalue weighted by Crippen LogP contribution is -2.09. The van der Waals surface area contributed by atoms with Gasteiger partial charge in [-0.3, -0.25) is 10.1 Å². The number of benzene rings is 2. The van der Waals surface area contributed by atoms with E-state index in [0.717, 1.165) is 22.6 Å². The SMILES string of the molecule is CC#CC(=O)Nc1cc2c(Nc3ccc(Oc4ccccc4)cc3)ncnc2cn1. The maximum absolute atomic E-state index is 11.7. The molecule has 0 unspecified atom stereocenters. The maximum Gasteiger partial charge on any atom is 0.301 e. The van der Waals surface area contributed by atoms with E-state index in [-0.39, 0.29) is 0 Å². The quantitative estimate of drug-likeness (QED) is 0.483. The van der Waals surface area contributed by atoms with Gasteiger partial charge in [0.05, 0.1) is 11.7 Å². The third kappa shape index (κ3) is 4.51. The van der Waals surface area contributed by atoms with Crippen LogP contribution in [0.1, 0.15) is 6.92 Å². The van der Waals surface area contributed by atoms with Crippen LogP contribution < -0.4 is 15.4 Å². The van der Waals surface area contributed by atoms with Gasteiger partial charge in [0.25, 0.3) is 0 Å². The van der Waals surface area contributed by atoms with Crippen molar-refractivity contribution in [3.8, 4) is 23.3 Å². The molecule has 0 radical (unpaired) electrons. The number of pyridine rings is 1. The minimum atomic E-state index is -0.426. The topological polar surface area (TPSA) is 89.0 Å². The molecule has 7 nitrogen and oxygen atoms in total. The molecule has 0 bridgehead atoms. The van der Waals surface area contributed by atoms with Gasteiger partial charge in [-0.2, -0.15) is 0 Å². The number of anilines is 3. The highest BCUT2D eigenvalue weighted by molar-refractivity contribution is 6.04. The summed E-state index contributed by atoms with van der Waals surface area (Å²) < 4.78 is 5.81. The molecule has 0 atom stereocenters. The van der Waals surface area contributed by atoms with Crippen LogP contribution in [0, 0.1) is 11.8 Å². The molecule has 0 saturated carbocycles. The number of carbonyl (C=O) groups excluding carboxylic acids is 1. The van der Waals surface area contributed by atoms with Gasteiger partial charge in [-0.05, 0) is 55.3 Å². The van der Waals surface area contributed by atoms with E-state index in [0.29, 0.717) is 17.2 Å². The Kier molecular flexibility index (Phi) is 5.49. The standard InChI is InChI=1S/C23H17N5O2/c1-2-6-22(29)28-21-13-19-20(14-24-21)25-15-26-23(19)27-16-9-11-18(12-10-16)30-17-7-4-3-5-8-17/h3-5,7-15H,1H3,(H,24,28,29)(H,25,26,27). The predicted octanol–water partition coefficient (Wildman–Crippen LogP) is 4.52. The monoisotopic (exact) mass is 395 g/mol. The summed E-state index contributed by atoms with van der Waals surface area (Å²) in [6.45, 7) is 1.60. The molecular weight excluding hydrogens is 378 g/mol. The number of rotatable bonds is 5. The number of nitrogens with zero attached hydrogens (tertiary/aromatic N) is 3. The first-order valence-corrected chi connectivity index (χ1v) is 9.16. The summed E-state index contributed by atoms with van der Waals surface area (Å²) in [6, 6.07) is 18.8. The normalized spacial score (nSPS) is 10.0. The second-order valence-corrected chi connectivity index (χ2v) is 6.20. The molecule has 0 aliphatic carbocycles. The first kappa shape index (κ1) is 18.9. The molecule has 1 amide bonds. The lowest BCUT2D eigenvalue weighted by atomic mass is 10.2. The third-order valence-electron chi connectivity index (χ3n) is 4.10. The summed E-state index contributed by atoms with van der Waals surface area (Å²) in [5, 5.41) is 6.62. The van der Waals surface area contributed by atoms with Crippen molar-refractivity contribution in [2.75, 3.05) is 10.6 Å². The summed E-state index contributed by atoms with van der Waals surface area (Å²) >= 11 is 0. The first-order chi connectivity index (χ1) is 14.7. The molecular formula is C23H17N5O2. The van der Waals surface area contributed by atoms with Gasteiger partial charge >= 0.3 is 5.91 Å². The molecule has 0 spiro atoms. The zero-order valence-electron chi connectivity index (χ0n) is 16.1. The Bertz CT molecular complexity index is 1250. The van der Waals surface area contributed by atoms with Crippen molar-refractivity contribution in [3.05, 3.63) is 73.2 Å². The van der Waals surface area contributed by atoms with E-state index >= 15 is 0 Å². The van der Waals surface area contributed by atoms with E-state index in [1.165, 1.54) is 6.33 Å². The van der Waals surface area contributed by atoms with E-state index in [1.54, 1.807) is 19.2 Å². The number of aromatic nitrogens is 3. The van der Waals surface area contributed by atoms with Crippen molar-refractivity contribution >= 4 is 34.1 Å². The van der Waals surface area contributed by atoms with Crippen molar-refractivity contribution in [1.82, 2.24) is 15.0 Å². The van der Waals surface area contributed by atoms with Crippen LogP contribution in [-0.4, -0.2) is 20.9 Å². The molecule has 0 aliphatic heterocycles. The number of carbonyl (C=O) groups is 1. The molecule has 2 N–H and O–H groups in total. The second kappa shape index (κ2) is 8.71. The Hall–Kier alpha value is -4.44. The van der Waals surface area contributed by atoms with E-state index in [1.807, 2.05) is 54.6 Å². The molecule has 0 aliphatic rings. The summed E-state index contributed by atoms with van der Waals surface area (Å²) in [4.78, 5) is 24.5. The molecule has 7 heteroatoms. The van der Waals surface area contributed by atoms with Gasteiger partial charge in [0, 0.05) is 11.1 Å². The van der Waals surface area contributed by atoms with E-state index in [2.05, 4.69) is 37.4 Å². The average molecular weight is 395 g/mol. The lowest BCUT2D eigenvalue weighted by Gasteiger charge is -2.10. The van der Waals surface area contributed by atoms with Gasteiger partial charge in [-0.25, -0.2) is 15.0 Å². The van der Waals surface area contributed by atoms with Gasteiger partial charge in [0.15, 0.2) is 0 Å². The van der Waals surface area contributed by atoms with Gasteiger partial charge < -0.3 is 10.1 Å². The van der Waals surface area contributed by atoms with Crippen molar-refractivity contribution in [3.63, 3.8) is 0 Å². The lowest BCUT2D eigenvalue weighted by molar-refractivity contribution is -0.111. The number of para-hydroxylation sites is 1. The number of amides is 1. The highest BCUT2D eigenvalue weighted by Gasteiger charge is 2.08. The minimum absolute atomic E-state index is 0.375. The van der Waals surface area contributed by atoms with E-state index < -0.39 is 5.91 Å². The number of fused-ring (bicyclic) bond motifs is 1. The Morgan fingerprint density at radius 3 is 2.50 bits per heavy atom. The van der Waals surface area contributed by atoms with Crippen LogP contribution in [0.25, 0.3) is 10.9 Å². The fourth-order valence-corrected chi connectivity index (χ4v) is 2.76. The van der Waals surface area contributed by atoms with Crippen molar-refractivity contribution in [1.29, 1.82) is 0 Å². The minimum Gasteiger partial charge on any atom is -0.457 e. The molecule has 2 aromatic heterocycles. The summed E-state index contributed by atoms with van der Waals surface area (Å²) in [5.74, 6) is 7.01. The summed E-state index contributed by atoms with van der Waals surface area (Å²) in [7, 11) is 0. The van der Waals surface area contributed by atoms with Crippen molar-refractivity contribution < 1.29 is 9.53 Å². The highest BCUT2D eigenvalue weighted by Crippen LogP contribution is 2.27. The molecule has 30 heavy (non-hydrogen) atoms. The molecule has 4 aromatic rings. The summed E-state index contributed by atoms with van der Waals surface area (Å²) in [6.07, 6.45) is 3.04. The second-order valence-electron chi connectivity index (χ2n) is 6.20. The van der Waals surface area contributed by atoms with Crippen LogP contribution in [0.3, 0.4) is 0 Å². The van der Waals surface area contributed by atoms with Crippen LogP contribution in [0.2, 0.25) is 0 Å². The largest absolute Gasteiger partial charge is 0.457 e. The molecule has 2 aromatic carbocycles. The van der Waals surface area contributed by atoms with Crippen molar-refractivity contribution in [2.24, 2.45) is 0 Å². The summed E-state index contributed by atoms with van der Waals surface area (Å²) in [5.41, 5.74) is 1.48. The molecule has 0 saturated heterocycles. The highest BCUT2D eigenvalue weighted by atomic mass is 16.5. The van der Waals surface area contributed by atoms with Crippen LogP contribution in [0.15, 0.2) is 73.2 Å². The fraction of sp³-hybridized carbons (Fsp3) is 0.0435. The van der Waals surface area contributed by atoms with Gasteiger partial charge in [-0.1, -0.05) is 24.1 Å². The first-order valence-electron chi connectivity index (χ1n) is 9.16. The Balaban J connectivity index is 1.55. The zero-order valence-corrected chi connectivity index (χ0v) is 16.1. The fourth-order valence-electron chi connectivity index (χ4n) is 2.76. The Morgan fingerprint density at radius 1 is 0.967 bits per heavy atom. The maximum atomic E-state index is 11.7. The van der Waals surface area contributed by atoms with E-state index in [9.17, 15) is 4.79 Å². The molecule has 4 rings (SSSR count). The van der Waals surface area contributed by atoms with Crippen LogP contribution in [-0.2, 0) is 4.79 Å². The third-order valence-corrected chi connectivity index (χ3v) is 4.10.